The summed E-state index contributed by atoms with van der Waals surface area (Å²) in [5.41, 5.74) is 0.936. The summed E-state index contributed by atoms with van der Waals surface area (Å²) in [4.78, 5) is 11.4. The van der Waals surface area contributed by atoms with Crippen LogP contribution in [0.15, 0.2) is 18.6 Å². The van der Waals surface area contributed by atoms with Gasteiger partial charge in [-0.1, -0.05) is 0 Å². The van der Waals surface area contributed by atoms with Gasteiger partial charge in [0.05, 0.1) is 6.20 Å². The van der Waals surface area contributed by atoms with Gasteiger partial charge in [0, 0.05) is 32.0 Å². The summed E-state index contributed by atoms with van der Waals surface area (Å²) >= 11 is 0. The SMILES string of the molecule is CCNc1cn2ccnc2c(N(C)C2CCC2)n1. The molecule has 5 heteroatoms. The second kappa shape index (κ2) is 4.48. The van der Waals surface area contributed by atoms with Crippen molar-refractivity contribution >= 4 is 17.3 Å². The van der Waals surface area contributed by atoms with E-state index in [9.17, 15) is 0 Å². The third-order valence-electron chi connectivity index (χ3n) is 3.67. The Balaban J connectivity index is 2.03. The number of hydrogen-bond donors (Lipinski definition) is 1. The van der Waals surface area contributed by atoms with Crippen molar-refractivity contribution in [2.45, 2.75) is 32.2 Å². The van der Waals surface area contributed by atoms with Crippen LogP contribution in [0.3, 0.4) is 0 Å². The van der Waals surface area contributed by atoms with Crippen molar-refractivity contribution in [3.63, 3.8) is 0 Å². The monoisotopic (exact) mass is 245 g/mol. The molecule has 0 radical (unpaired) electrons. The highest BCUT2D eigenvalue weighted by atomic mass is 15.2. The lowest BCUT2D eigenvalue weighted by Crippen LogP contribution is -2.38. The first-order valence-corrected chi connectivity index (χ1v) is 6.60. The van der Waals surface area contributed by atoms with E-state index in [1.54, 1.807) is 0 Å². The molecule has 18 heavy (non-hydrogen) atoms. The number of anilines is 2. The summed E-state index contributed by atoms with van der Waals surface area (Å²) in [6.45, 7) is 2.95. The molecule has 1 aliphatic carbocycles. The van der Waals surface area contributed by atoms with Crippen molar-refractivity contribution in [3.05, 3.63) is 18.6 Å². The minimum Gasteiger partial charge on any atom is -0.369 e. The molecule has 0 bridgehead atoms. The topological polar surface area (TPSA) is 45.5 Å². The second-order valence-corrected chi connectivity index (χ2v) is 4.83. The van der Waals surface area contributed by atoms with Gasteiger partial charge in [0.15, 0.2) is 11.5 Å². The first-order chi connectivity index (χ1) is 8.79. The van der Waals surface area contributed by atoms with Crippen LogP contribution in [0.4, 0.5) is 11.6 Å². The van der Waals surface area contributed by atoms with Crippen LogP contribution >= 0.6 is 0 Å². The Kier molecular flexibility index (Phi) is 2.81. The molecule has 2 aromatic rings. The van der Waals surface area contributed by atoms with E-state index < -0.39 is 0 Å². The molecule has 1 aliphatic rings. The summed E-state index contributed by atoms with van der Waals surface area (Å²) in [6, 6.07) is 0.620. The highest BCUT2D eigenvalue weighted by Gasteiger charge is 2.25. The molecule has 0 aromatic carbocycles. The fourth-order valence-electron chi connectivity index (χ4n) is 2.36. The molecule has 0 spiro atoms. The maximum atomic E-state index is 4.70. The Hall–Kier alpha value is -1.78. The standard InChI is InChI=1S/C13H19N5/c1-3-14-11-9-18-8-7-15-12(18)13(16-11)17(2)10-5-4-6-10/h7-10,14H,3-6H2,1-2H3. The third kappa shape index (κ3) is 1.79. The van der Waals surface area contributed by atoms with Crippen LogP contribution in [0.2, 0.25) is 0 Å². The van der Waals surface area contributed by atoms with Gasteiger partial charge in [-0.25, -0.2) is 9.97 Å². The average Bonchev–Trinajstić information content (AvgIpc) is 2.73. The van der Waals surface area contributed by atoms with E-state index in [0.29, 0.717) is 6.04 Å². The summed E-state index contributed by atoms with van der Waals surface area (Å²) < 4.78 is 2.04. The number of hydrogen-bond acceptors (Lipinski definition) is 4. The van der Waals surface area contributed by atoms with Gasteiger partial charge in [-0.3, -0.25) is 0 Å². The molecule has 1 saturated carbocycles. The van der Waals surface area contributed by atoms with Gasteiger partial charge in [0.25, 0.3) is 0 Å². The van der Waals surface area contributed by atoms with Crippen LogP contribution in [0, 0.1) is 0 Å². The quantitative estimate of drug-likeness (QED) is 0.896. The van der Waals surface area contributed by atoms with Crippen molar-refractivity contribution in [2.24, 2.45) is 0 Å². The number of aromatic nitrogens is 3. The summed E-state index contributed by atoms with van der Waals surface area (Å²) in [5.74, 6) is 1.88. The van der Waals surface area contributed by atoms with Gasteiger partial charge < -0.3 is 14.6 Å². The normalized spacial score (nSPS) is 15.7. The van der Waals surface area contributed by atoms with Gasteiger partial charge in [0.1, 0.15) is 5.82 Å². The average molecular weight is 245 g/mol. The van der Waals surface area contributed by atoms with Crippen molar-refractivity contribution in [3.8, 4) is 0 Å². The predicted octanol–water partition coefficient (Wildman–Crippen LogP) is 2.15. The molecule has 0 aliphatic heterocycles. The van der Waals surface area contributed by atoms with Crippen LogP contribution in [0.1, 0.15) is 26.2 Å². The van der Waals surface area contributed by atoms with Crippen LogP contribution < -0.4 is 10.2 Å². The molecule has 1 fully saturated rings. The van der Waals surface area contributed by atoms with E-state index in [1.165, 1.54) is 19.3 Å². The molecule has 2 heterocycles. The summed E-state index contributed by atoms with van der Waals surface area (Å²) in [7, 11) is 2.12. The maximum Gasteiger partial charge on any atom is 0.180 e. The molecule has 0 atom stereocenters. The lowest BCUT2D eigenvalue weighted by molar-refractivity contribution is 0.399. The lowest BCUT2D eigenvalue weighted by Gasteiger charge is -2.35. The third-order valence-corrected chi connectivity index (χ3v) is 3.67. The van der Waals surface area contributed by atoms with Gasteiger partial charge in [-0.2, -0.15) is 0 Å². The van der Waals surface area contributed by atoms with E-state index in [2.05, 4.69) is 29.2 Å². The molecule has 96 valence electrons. The number of imidazole rings is 1. The Morgan fingerprint density at radius 2 is 2.33 bits per heavy atom. The number of nitrogens with zero attached hydrogens (tertiary/aromatic N) is 4. The largest absolute Gasteiger partial charge is 0.369 e. The van der Waals surface area contributed by atoms with Crippen LogP contribution in [-0.4, -0.2) is 34.0 Å². The summed E-state index contributed by atoms with van der Waals surface area (Å²) in [5, 5.41) is 3.27. The highest BCUT2D eigenvalue weighted by molar-refractivity contribution is 5.67. The van der Waals surface area contributed by atoms with E-state index in [-0.39, 0.29) is 0 Å². The Morgan fingerprint density at radius 1 is 1.50 bits per heavy atom. The minimum atomic E-state index is 0.620. The second-order valence-electron chi connectivity index (χ2n) is 4.83. The van der Waals surface area contributed by atoms with Crippen LogP contribution in [-0.2, 0) is 0 Å². The fourth-order valence-corrected chi connectivity index (χ4v) is 2.36. The van der Waals surface area contributed by atoms with E-state index >= 15 is 0 Å². The van der Waals surface area contributed by atoms with Gasteiger partial charge in [-0.15, -0.1) is 0 Å². The molecule has 1 N–H and O–H groups in total. The molecular weight excluding hydrogens is 226 g/mol. The number of fused-ring (bicyclic) bond motifs is 1. The van der Waals surface area contributed by atoms with Gasteiger partial charge in [0.2, 0.25) is 0 Å². The lowest BCUT2D eigenvalue weighted by atomic mass is 9.92. The zero-order valence-corrected chi connectivity index (χ0v) is 10.9. The van der Waals surface area contributed by atoms with Crippen LogP contribution in [0.25, 0.3) is 5.65 Å². The molecule has 3 rings (SSSR count). The molecule has 0 saturated heterocycles. The van der Waals surface area contributed by atoms with Gasteiger partial charge >= 0.3 is 0 Å². The van der Waals surface area contributed by atoms with Crippen molar-refractivity contribution in [1.29, 1.82) is 0 Å². The zero-order chi connectivity index (χ0) is 12.5. The fraction of sp³-hybridized carbons (Fsp3) is 0.538. The van der Waals surface area contributed by atoms with E-state index in [0.717, 1.165) is 23.8 Å². The number of nitrogens with one attached hydrogen (secondary N) is 1. The summed E-state index contributed by atoms with van der Waals surface area (Å²) in [6.07, 6.45) is 9.63. The maximum absolute atomic E-state index is 4.70. The van der Waals surface area contributed by atoms with Crippen molar-refractivity contribution in [1.82, 2.24) is 14.4 Å². The predicted molar refractivity (Wildman–Crippen MR) is 73.2 cm³/mol. The highest BCUT2D eigenvalue weighted by Crippen LogP contribution is 2.29. The zero-order valence-electron chi connectivity index (χ0n) is 10.9. The molecule has 0 unspecified atom stereocenters. The van der Waals surface area contributed by atoms with Crippen LogP contribution in [0.5, 0.6) is 0 Å². The smallest absolute Gasteiger partial charge is 0.180 e. The Morgan fingerprint density at radius 3 is 3.00 bits per heavy atom. The molecular formula is C13H19N5. The molecule has 0 amide bonds. The Labute approximate surface area is 107 Å². The van der Waals surface area contributed by atoms with E-state index in [1.807, 2.05) is 23.0 Å². The van der Waals surface area contributed by atoms with Gasteiger partial charge in [-0.05, 0) is 26.2 Å². The Bertz CT molecular complexity index is 543. The molecule has 5 nitrogen and oxygen atoms in total. The van der Waals surface area contributed by atoms with E-state index in [4.69, 9.17) is 4.98 Å². The van der Waals surface area contributed by atoms with Crippen molar-refractivity contribution < 1.29 is 0 Å². The van der Waals surface area contributed by atoms with Crippen molar-refractivity contribution in [2.75, 3.05) is 23.8 Å². The first-order valence-electron chi connectivity index (χ1n) is 6.60. The minimum absolute atomic E-state index is 0.620. The number of rotatable bonds is 4. The first kappa shape index (κ1) is 11.3. The molecule has 2 aromatic heterocycles.